The monoisotopic (exact) mass is 447 g/mol. The van der Waals surface area contributed by atoms with Crippen molar-refractivity contribution in [3.05, 3.63) is 83.9 Å². The zero-order valence-corrected chi connectivity index (χ0v) is 18.4. The van der Waals surface area contributed by atoms with E-state index in [-0.39, 0.29) is 5.56 Å². The van der Waals surface area contributed by atoms with Gasteiger partial charge in [-0.3, -0.25) is 4.57 Å². The number of carbonyl (C=O) groups is 1. The van der Waals surface area contributed by atoms with Crippen LogP contribution < -0.4 is 9.47 Å². The van der Waals surface area contributed by atoms with E-state index in [2.05, 4.69) is 10.2 Å². The third-order valence-electron chi connectivity index (χ3n) is 4.86. The van der Waals surface area contributed by atoms with E-state index >= 15 is 0 Å². The highest BCUT2D eigenvalue weighted by Crippen LogP contribution is 2.34. The van der Waals surface area contributed by atoms with E-state index in [0.717, 1.165) is 22.0 Å². The fraction of sp³-hybridized carbons (Fsp3) is 0.125. The van der Waals surface area contributed by atoms with Gasteiger partial charge in [0.25, 0.3) is 0 Å². The van der Waals surface area contributed by atoms with Crippen molar-refractivity contribution >= 4 is 17.7 Å². The lowest BCUT2D eigenvalue weighted by atomic mass is 10.1. The molecule has 1 heterocycles. The van der Waals surface area contributed by atoms with Gasteiger partial charge in [0.2, 0.25) is 0 Å². The highest BCUT2D eigenvalue weighted by Gasteiger charge is 2.18. The van der Waals surface area contributed by atoms with Crippen LogP contribution in [-0.4, -0.2) is 40.1 Å². The summed E-state index contributed by atoms with van der Waals surface area (Å²) < 4.78 is 12.8. The summed E-state index contributed by atoms with van der Waals surface area (Å²) in [6, 6.07) is 22.4. The van der Waals surface area contributed by atoms with Gasteiger partial charge in [-0.2, -0.15) is 0 Å². The Morgan fingerprint density at radius 2 is 1.66 bits per heavy atom. The van der Waals surface area contributed by atoms with Crippen LogP contribution in [-0.2, 0) is 5.75 Å². The summed E-state index contributed by atoms with van der Waals surface area (Å²) in [6.07, 6.45) is 0. The molecule has 0 aliphatic rings. The predicted molar refractivity (Wildman–Crippen MR) is 123 cm³/mol. The van der Waals surface area contributed by atoms with Crippen LogP contribution in [0.25, 0.3) is 17.1 Å². The van der Waals surface area contributed by atoms with Crippen molar-refractivity contribution in [2.24, 2.45) is 0 Å². The number of thioether (sulfide) groups is 1. The first-order chi connectivity index (χ1) is 15.6. The Kier molecular flexibility index (Phi) is 6.42. The first-order valence-corrected chi connectivity index (χ1v) is 10.8. The molecule has 0 atom stereocenters. The zero-order valence-electron chi connectivity index (χ0n) is 17.6. The molecule has 0 fully saturated rings. The molecule has 0 saturated heterocycles. The molecule has 0 unspecified atom stereocenters. The van der Waals surface area contributed by atoms with E-state index in [0.29, 0.717) is 23.1 Å². The molecule has 0 amide bonds. The molecule has 3 aromatic carbocycles. The van der Waals surface area contributed by atoms with Gasteiger partial charge in [0.1, 0.15) is 0 Å². The average molecular weight is 448 g/mol. The summed E-state index contributed by atoms with van der Waals surface area (Å²) in [7, 11) is 3.20. The molecule has 1 aromatic heterocycles. The van der Waals surface area contributed by atoms with E-state index in [1.54, 1.807) is 26.4 Å². The van der Waals surface area contributed by atoms with E-state index in [1.807, 2.05) is 65.2 Å². The van der Waals surface area contributed by atoms with E-state index in [9.17, 15) is 4.79 Å². The average Bonchev–Trinajstić information content (AvgIpc) is 3.27. The quantitative estimate of drug-likeness (QED) is 0.383. The molecule has 0 aliphatic carbocycles. The van der Waals surface area contributed by atoms with Gasteiger partial charge in [-0.25, -0.2) is 4.79 Å². The molecule has 0 saturated carbocycles. The van der Waals surface area contributed by atoms with E-state index in [4.69, 9.17) is 14.6 Å². The summed E-state index contributed by atoms with van der Waals surface area (Å²) in [4.78, 5) is 11.1. The SMILES string of the molecule is COc1ccc(-c2nnc(SCc3ccc(C(=O)O)cc3)n2-c2ccccc2)cc1OC. The number of nitrogens with zero attached hydrogens (tertiary/aromatic N) is 3. The third-order valence-corrected chi connectivity index (χ3v) is 5.86. The number of ether oxygens (including phenoxy) is 2. The van der Waals surface area contributed by atoms with Gasteiger partial charge in [-0.1, -0.05) is 42.1 Å². The number of aromatic carboxylic acids is 1. The number of rotatable bonds is 8. The Labute approximate surface area is 189 Å². The molecule has 32 heavy (non-hydrogen) atoms. The number of hydrogen-bond donors (Lipinski definition) is 1. The number of carboxylic acid groups (broad SMARTS) is 1. The molecule has 7 nitrogen and oxygen atoms in total. The van der Waals surface area contributed by atoms with Crippen LogP contribution in [0.2, 0.25) is 0 Å². The van der Waals surface area contributed by atoms with Crippen molar-refractivity contribution in [2.45, 2.75) is 10.9 Å². The standard InChI is InChI=1S/C24H21N3O4S/c1-30-20-13-12-18(14-21(20)31-2)22-25-26-24(27(22)19-6-4-3-5-7-19)32-15-16-8-10-17(11-9-16)23(28)29/h3-14H,15H2,1-2H3,(H,28,29). The zero-order chi connectivity index (χ0) is 22.5. The fourth-order valence-corrected chi connectivity index (χ4v) is 4.13. The van der Waals surface area contributed by atoms with Gasteiger partial charge in [-0.15, -0.1) is 10.2 Å². The van der Waals surface area contributed by atoms with Crippen LogP contribution in [0, 0.1) is 0 Å². The summed E-state index contributed by atoms with van der Waals surface area (Å²) in [5.41, 5.74) is 3.04. The number of para-hydroxylation sites is 1. The number of aromatic nitrogens is 3. The molecule has 4 aromatic rings. The van der Waals surface area contributed by atoms with Gasteiger partial charge >= 0.3 is 5.97 Å². The predicted octanol–water partition coefficient (Wildman–Crippen LogP) is 4.94. The van der Waals surface area contributed by atoms with Crippen LogP contribution in [0.3, 0.4) is 0 Å². The minimum absolute atomic E-state index is 0.266. The summed E-state index contributed by atoms with van der Waals surface area (Å²) in [6.45, 7) is 0. The lowest BCUT2D eigenvalue weighted by Crippen LogP contribution is -2.00. The molecule has 0 spiro atoms. The Morgan fingerprint density at radius 1 is 0.938 bits per heavy atom. The van der Waals surface area contributed by atoms with Crippen molar-refractivity contribution in [1.82, 2.24) is 14.8 Å². The van der Waals surface area contributed by atoms with Crippen LogP contribution >= 0.6 is 11.8 Å². The normalized spacial score (nSPS) is 10.7. The number of benzene rings is 3. The molecule has 0 aliphatic heterocycles. The number of methoxy groups -OCH3 is 2. The molecule has 8 heteroatoms. The second kappa shape index (κ2) is 9.57. The first kappa shape index (κ1) is 21.5. The van der Waals surface area contributed by atoms with Crippen LogP contribution in [0.5, 0.6) is 11.5 Å². The van der Waals surface area contributed by atoms with Crippen molar-refractivity contribution in [3.63, 3.8) is 0 Å². The third kappa shape index (κ3) is 4.45. The summed E-state index contributed by atoms with van der Waals surface area (Å²) in [5, 5.41) is 18.7. The summed E-state index contributed by atoms with van der Waals surface area (Å²) in [5.74, 6) is 1.62. The van der Waals surface area contributed by atoms with Crippen LogP contribution in [0.15, 0.2) is 78.0 Å². The van der Waals surface area contributed by atoms with Gasteiger partial charge in [0, 0.05) is 17.0 Å². The minimum Gasteiger partial charge on any atom is -0.493 e. The second-order valence-corrected chi connectivity index (χ2v) is 7.78. The maximum absolute atomic E-state index is 11.1. The maximum Gasteiger partial charge on any atom is 0.335 e. The highest BCUT2D eigenvalue weighted by molar-refractivity contribution is 7.98. The van der Waals surface area contributed by atoms with Gasteiger partial charge in [-0.05, 0) is 48.0 Å². The number of hydrogen-bond acceptors (Lipinski definition) is 6. The number of carboxylic acids is 1. The van der Waals surface area contributed by atoms with Gasteiger partial charge in [0.15, 0.2) is 22.5 Å². The van der Waals surface area contributed by atoms with E-state index < -0.39 is 5.97 Å². The minimum atomic E-state index is -0.937. The highest BCUT2D eigenvalue weighted by atomic mass is 32.2. The molecule has 0 bridgehead atoms. The molecule has 4 rings (SSSR count). The van der Waals surface area contributed by atoms with Crippen LogP contribution in [0.1, 0.15) is 15.9 Å². The van der Waals surface area contributed by atoms with Crippen LogP contribution in [0.4, 0.5) is 0 Å². The smallest absolute Gasteiger partial charge is 0.335 e. The van der Waals surface area contributed by atoms with Crippen molar-refractivity contribution < 1.29 is 19.4 Å². The first-order valence-electron chi connectivity index (χ1n) is 9.79. The maximum atomic E-state index is 11.1. The van der Waals surface area contributed by atoms with Gasteiger partial charge in [0.05, 0.1) is 19.8 Å². The Morgan fingerprint density at radius 3 is 2.31 bits per heavy atom. The lowest BCUT2D eigenvalue weighted by Gasteiger charge is -2.12. The van der Waals surface area contributed by atoms with Gasteiger partial charge < -0.3 is 14.6 Å². The molecular formula is C24H21N3O4S. The Bertz CT molecular complexity index is 1220. The van der Waals surface area contributed by atoms with Crippen molar-refractivity contribution in [2.75, 3.05) is 14.2 Å². The largest absolute Gasteiger partial charge is 0.493 e. The molecular weight excluding hydrogens is 426 g/mol. The molecule has 162 valence electrons. The fourth-order valence-electron chi connectivity index (χ4n) is 3.23. The second-order valence-electron chi connectivity index (χ2n) is 6.84. The Hall–Kier alpha value is -3.78. The van der Waals surface area contributed by atoms with E-state index in [1.165, 1.54) is 11.8 Å². The Balaban J connectivity index is 1.69. The summed E-state index contributed by atoms with van der Waals surface area (Å²) >= 11 is 1.53. The van der Waals surface area contributed by atoms with Crippen molar-refractivity contribution in [1.29, 1.82) is 0 Å². The van der Waals surface area contributed by atoms with Crippen molar-refractivity contribution in [3.8, 4) is 28.6 Å². The topological polar surface area (TPSA) is 86.5 Å². The molecule has 1 N–H and O–H groups in total. The lowest BCUT2D eigenvalue weighted by molar-refractivity contribution is 0.0697. The molecule has 0 radical (unpaired) electrons.